The number of nitrogens with one attached hydrogen (secondary N) is 2. The Morgan fingerprint density at radius 3 is 2.33 bits per heavy atom. The molecule has 0 aliphatic carbocycles. The molecule has 1 aromatic heterocycles. The summed E-state index contributed by atoms with van der Waals surface area (Å²) in [7, 11) is 0. The van der Waals surface area contributed by atoms with Gasteiger partial charge in [0, 0.05) is 13.1 Å². The number of halogens is 1. The van der Waals surface area contributed by atoms with Crippen LogP contribution < -0.4 is 22.1 Å². The van der Waals surface area contributed by atoms with Gasteiger partial charge in [-0.25, -0.2) is 14.8 Å². The minimum absolute atomic E-state index is 0.0470. The molecule has 0 bridgehead atoms. The van der Waals surface area contributed by atoms with Gasteiger partial charge in [-0.15, -0.1) is 0 Å². The van der Waals surface area contributed by atoms with Crippen molar-refractivity contribution in [3.05, 3.63) is 46.7 Å². The van der Waals surface area contributed by atoms with Gasteiger partial charge in [0.25, 0.3) is 5.91 Å². The maximum absolute atomic E-state index is 12.5. The molecule has 0 aliphatic heterocycles. The van der Waals surface area contributed by atoms with Crippen molar-refractivity contribution >= 4 is 35.2 Å². The second kappa shape index (κ2) is 10.1. The Labute approximate surface area is 180 Å². The fraction of sp³-hybridized carbons (Fsp3) is 0.400. The van der Waals surface area contributed by atoms with Gasteiger partial charge in [0.2, 0.25) is 0 Å². The normalized spacial score (nSPS) is 12.1. The number of hydrogen-bond acceptors (Lipinski definition) is 7. The van der Waals surface area contributed by atoms with Gasteiger partial charge in [0.05, 0.1) is 0 Å². The van der Waals surface area contributed by atoms with Crippen molar-refractivity contribution in [3.8, 4) is 0 Å². The minimum Gasteiger partial charge on any atom is -0.444 e. The molecule has 1 aromatic carbocycles. The summed E-state index contributed by atoms with van der Waals surface area (Å²) < 4.78 is 5.27. The molecule has 0 spiro atoms. The number of carbonyl (C=O) groups excluding carboxylic acids is 2. The van der Waals surface area contributed by atoms with E-state index in [9.17, 15) is 9.59 Å². The highest BCUT2D eigenvalue weighted by Crippen LogP contribution is 2.17. The van der Waals surface area contributed by atoms with E-state index >= 15 is 0 Å². The molecular weight excluding hydrogens is 408 g/mol. The largest absolute Gasteiger partial charge is 0.444 e. The first-order valence-corrected chi connectivity index (χ1v) is 9.80. The van der Waals surface area contributed by atoms with E-state index in [-0.39, 0.29) is 34.9 Å². The number of nitrogen functional groups attached to an aromatic ring is 2. The Morgan fingerprint density at radius 1 is 1.07 bits per heavy atom. The third-order valence-electron chi connectivity index (χ3n) is 3.97. The summed E-state index contributed by atoms with van der Waals surface area (Å²) in [5, 5.41) is 5.42. The summed E-state index contributed by atoms with van der Waals surface area (Å²) in [5.74, 6) is -0.797. The SMILES string of the molecule is CC(C)(C)OC(=O)NC[C@H](CNC(=O)c1nc(Cl)c(N)nc1N)Cc1ccccc1. The fourth-order valence-corrected chi connectivity index (χ4v) is 2.76. The van der Waals surface area contributed by atoms with E-state index in [1.807, 2.05) is 30.3 Å². The lowest BCUT2D eigenvalue weighted by Gasteiger charge is -2.22. The maximum atomic E-state index is 12.5. The number of alkyl carbamates (subject to hydrolysis) is 1. The Bertz CT molecular complexity index is 886. The molecule has 0 radical (unpaired) electrons. The fourth-order valence-electron chi connectivity index (χ4n) is 2.64. The van der Waals surface area contributed by atoms with Crippen LogP contribution in [-0.4, -0.2) is 40.7 Å². The van der Waals surface area contributed by atoms with Crippen LogP contribution in [0.5, 0.6) is 0 Å². The lowest BCUT2D eigenvalue weighted by Crippen LogP contribution is -2.40. The topological polar surface area (TPSA) is 145 Å². The highest BCUT2D eigenvalue weighted by Gasteiger charge is 2.20. The Morgan fingerprint density at radius 2 is 1.70 bits per heavy atom. The van der Waals surface area contributed by atoms with Crippen LogP contribution in [0.3, 0.4) is 0 Å². The van der Waals surface area contributed by atoms with E-state index in [4.69, 9.17) is 27.8 Å². The van der Waals surface area contributed by atoms with Crippen LogP contribution in [0.2, 0.25) is 5.15 Å². The number of ether oxygens (including phenoxy) is 1. The molecule has 0 fully saturated rings. The molecule has 0 saturated carbocycles. The second-order valence-corrected chi connectivity index (χ2v) is 8.14. The zero-order chi connectivity index (χ0) is 22.3. The summed E-state index contributed by atoms with van der Waals surface area (Å²) in [6.07, 6.45) is 0.105. The van der Waals surface area contributed by atoms with E-state index in [1.54, 1.807) is 20.8 Å². The number of nitrogens with two attached hydrogens (primary N) is 2. The lowest BCUT2D eigenvalue weighted by molar-refractivity contribution is 0.0519. The summed E-state index contributed by atoms with van der Waals surface area (Å²) >= 11 is 5.84. The number of aromatic nitrogens is 2. The third-order valence-corrected chi connectivity index (χ3v) is 4.25. The van der Waals surface area contributed by atoms with Gasteiger partial charge < -0.3 is 26.8 Å². The monoisotopic (exact) mass is 434 g/mol. The highest BCUT2D eigenvalue weighted by atomic mass is 35.5. The molecule has 30 heavy (non-hydrogen) atoms. The van der Waals surface area contributed by atoms with Gasteiger partial charge in [-0.3, -0.25) is 4.79 Å². The predicted octanol–water partition coefficient (Wildman–Crippen LogP) is 2.41. The zero-order valence-corrected chi connectivity index (χ0v) is 18.0. The lowest BCUT2D eigenvalue weighted by atomic mass is 9.99. The van der Waals surface area contributed by atoms with E-state index in [1.165, 1.54) is 0 Å². The van der Waals surface area contributed by atoms with Crippen molar-refractivity contribution < 1.29 is 14.3 Å². The van der Waals surface area contributed by atoms with Crippen LogP contribution in [0.4, 0.5) is 16.4 Å². The van der Waals surface area contributed by atoms with Crippen molar-refractivity contribution in [2.24, 2.45) is 5.92 Å². The van der Waals surface area contributed by atoms with Gasteiger partial charge in [0.15, 0.2) is 22.5 Å². The first kappa shape index (κ1) is 23.2. The van der Waals surface area contributed by atoms with Crippen molar-refractivity contribution in [2.45, 2.75) is 32.8 Å². The maximum Gasteiger partial charge on any atom is 0.407 e. The smallest absolute Gasteiger partial charge is 0.407 e. The van der Waals surface area contributed by atoms with Gasteiger partial charge in [-0.2, -0.15) is 0 Å². The molecule has 1 atom stereocenters. The number of benzene rings is 1. The number of amides is 2. The predicted molar refractivity (Wildman–Crippen MR) is 116 cm³/mol. The Kier molecular flexibility index (Phi) is 7.82. The second-order valence-electron chi connectivity index (χ2n) is 7.78. The highest BCUT2D eigenvalue weighted by molar-refractivity contribution is 6.31. The number of nitrogens with zero attached hydrogens (tertiary/aromatic N) is 2. The zero-order valence-electron chi connectivity index (χ0n) is 17.2. The van der Waals surface area contributed by atoms with E-state index < -0.39 is 17.6 Å². The van der Waals surface area contributed by atoms with Gasteiger partial charge in [-0.05, 0) is 38.7 Å². The molecule has 6 N–H and O–H groups in total. The Balaban J connectivity index is 2.04. The van der Waals surface area contributed by atoms with Crippen LogP contribution in [0.1, 0.15) is 36.8 Å². The molecule has 0 aliphatic rings. The van der Waals surface area contributed by atoms with E-state index in [0.29, 0.717) is 13.0 Å². The summed E-state index contributed by atoms with van der Waals surface area (Å²) in [6, 6.07) is 9.74. The molecule has 162 valence electrons. The number of rotatable bonds is 7. The van der Waals surface area contributed by atoms with E-state index in [2.05, 4.69) is 20.6 Å². The van der Waals surface area contributed by atoms with Crippen LogP contribution in [-0.2, 0) is 11.2 Å². The average molecular weight is 435 g/mol. The van der Waals surface area contributed by atoms with Crippen molar-refractivity contribution in [1.29, 1.82) is 0 Å². The molecular formula is C20H27ClN6O3. The summed E-state index contributed by atoms with van der Waals surface area (Å²) in [4.78, 5) is 32.2. The first-order chi connectivity index (χ1) is 14.0. The standard InChI is InChI=1S/C20H27ClN6O3/c1-20(2,3)30-19(29)25-11-13(9-12-7-5-4-6-8-12)10-24-18(28)14-16(22)27-17(23)15(21)26-14/h4-8,13H,9-11H2,1-3H3,(H,24,28)(H,25,29)(H4,22,23,27)/t13-/m0/s1. The molecule has 0 unspecified atom stereocenters. The van der Waals surface area contributed by atoms with Crippen LogP contribution >= 0.6 is 11.6 Å². The van der Waals surface area contributed by atoms with Gasteiger partial charge in [0.1, 0.15) is 5.60 Å². The molecule has 1 heterocycles. The number of hydrogen-bond donors (Lipinski definition) is 4. The summed E-state index contributed by atoms with van der Waals surface area (Å²) in [6.45, 7) is 5.92. The minimum atomic E-state index is -0.599. The van der Waals surface area contributed by atoms with Crippen LogP contribution in [0, 0.1) is 5.92 Å². The third kappa shape index (κ3) is 7.40. The van der Waals surface area contributed by atoms with Crippen LogP contribution in [0.25, 0.3) is 0 Å². The molecule has 10 heteroatoms. The van der Waals surface area contributed by atoms with Crippen molar-refractivity contribution in [3.63, 3.8) is 0 Å². The molecule has 9 nitrogen and oxygen atoms in total. The number of anilines is 2. The average Bonchev–Trinajstić information content (AvgIpc) is 2.66. The van der Waals surface area contributed by atoms with Crippen molar-refractivity contribution in [1.82, 2.24) is 20.6 Å². The molecule has 2 amide bonds. The van der Waals surface area contributed by atoms with E-state index in [0.717, 1.165) is 5.56 Å². The Hall–Kier alpha value is -3.07. The van der Waals surface area contributed by atoms with Crippen molar-refractivity contribution in [2.75, 3.05) is 24.6 Å². The first-order valence-electron chi connectivity index (χ1n) is 9.42. The summed E-state index contributed by atoms with van der Waals surface area (Å²) in [5.41, 5.74) is 11.6. The van der Waals surface area contributed by atoms with Gasteiger partial charge >= 0.3 is 6.09 Å². The quantitative estimate of drug-likeness (QED) is 0.523. The molecule has 2 rings (SSSR count). The van der Waals surface area contributed by atoms with Gasteiger partial charge in [-0.1, -0.05) is 41.9 Å². The molecule has 2 aromatic rings. The number of carbonyl (C=O) groups is 2. The molecule has 0 saturated heterocycles. The van der Waals surface area contributed by atoms with Crippen LogP contribution in [0.15, 0.2) is 30.3 Å².